The van der Waals surface area contributed by atoms with Crippen molar-refractivity contribution in [1.29, 1.82) is 0 Å². The summed E-state index contributed by atoms with van der Waals surface area (Å²) >= 11 is 3.48. The molecule has 0 radical (unpaired) electrons. The zero-order valence-electron chi connectivity index (χ0n) is 11.7. The predicted molar refractivity (Wildman–Crippen MR) is 80.1 cm³/mol. The second-order valence-corrected chi connectivity index (χ2v) is 5.13. The van der Waals surface area contributed by atoms with E-state index >= 15 is 0 Å². The Morgan fingerprint density at radius 3 is 2.74 bits per heavy atom. The summed E-state index contributed by atoms with van der Waals surface area (Å²) in [5.74, 6) is 1.64. The van der Waals surface area contributed by atoms with E-state index in [1.807, 2.05) is 25.1 Å². The molecular formula is C14H22BrNO3. The van der Waals surface area contributed by atoms with E-state index in [0.29, 0.717) is 0 Å². The van der Waals surface area contributed by atoms with Gasteiger partial charge in [0.15, 0.2) is 0 Å². The number of hydrogen-bond donors (Lipinski definition) is 1. The lowest BCUT2D eigenvalue weighted by Gasteiger charge is -2.17. The first-order valence-corrected chi connectivity index (χ1v) is 7.16. The summed E-state index contributed by atoms with van der Waals surface area (Å²) in [5, 5.41) is 3.34. The minimum Gasteiger partial charge on any atom is -0.497 e. The van der Waals surface area contributed by atoms with Crippen LogP contribution in [0.2, 0.25) is 0 Å². The molecule has 0 aliphatic carbocycles. The lowest BCUT2D eigenvalue weighted by atomic mass is 10.3. The Balaban J connectivity index is 2.33. The molecule has 1 atom stereocenters. The van der Waals surface area contributed by atoms with Gasteiger partial charge in [0.05, 0.1) is 11.6 Å². The van der Waals surface area contributed by atoms with Crippen LogP contribution in [0, 0.1) is 0 Å². The maximum Gasteiger partial charge on any atom is 0.134 e. The van der Waals surface area contributed by atoms with Gasteiger partial charge in [0.2, 0.25) is 0 Å². The fourth-order valence-electron chi connectivity index (χ4n) is 1.61. The predicted octanol–water partition coefficient (Wildman–Crippen LogP) is 2.85. The summed E-state index contributed by atoms with van der Waals surface area (Å²) in [5.41, 5.74) is 0. The molecule has 1 aromatic carbocycles. The maximum absolute atomic E-state index is 5.85. The van der Waals surface area contributed by atoms with Gasteiger partial charge in [-0.3, -0.25) is 0 Å². The van der Waals surface area contributed by atoms with Crippen LogP contribution in [0.15, 0.2) is 22.7 Å². The van der Waals surface area contributed by atoms with E-state index < -0.39 is 0 Å². The van der Waals surface area contributed by atoms with Crippen molar-refractivity contribution >= 4 is 15.9 Å². The molecule has 0 aliphatic rings. The third-order valence-electron chi connectivity index (χ3n) is 2.60. The van der Waals surface area contributed by atoms with Crippen molar-refractivity contribution in [2.45, 2.75) is 19.4 Å². The zero-order valence-corrected chi connectivity index (χ0v) is 13.3. The Kier molecular flexibility index (Phi) is 7.86. The van der Waals surface area contributed by atoms with E-state index in [1.165, 1.54) is 0 Å². The quantitative estimate of drug-likeness (QED) is 0.706. The van der Waals surface area contributed by atoms with E-state index in [-0.39, 0.29) is 6.10 Å². The molecule has 4 nitrogen and oxygen atoms in total. The van der Waals surface area contributed by atoms with Crippen LogP contribution >= 0.6 is 15.9 Å². The van der Waals surface area contributed by atoms with Crippen LogP contribution in [0.25, 0.3) is 0 Å². The Morgan fingerprint density at radius 2 is 2.11 bits per heavy atom. The molecule has 1 rings (SSSR count). The first kappa shape index (κ1) is 16.3. The number of nitrogens with one attached hydrogen (secondary N) is 1. The van der Waals surface area contributed by atoms with Gasteiger partial charge < -0.3 is 19.5 Å². The summed E-state index contributed by atoms with van der Waals surface area (Å²) in [6, 6.07) is 5.69. The number of halogens is 1. The number of benzene rings is 1. The molecule has 1 N–H and O–H groups in total. The average Bonchev–Trinajstić information content (AvgIpc) is 2.41. The van der Waals surface area contributed by atoms with Crippen molar-refractivity contribution in [3.05, 3.63) is 22.7 Å². The number of hydrogen-bond acceptors (Lipinski definition) is 4. The van der Waals surface area contributed by atoms with Gasteiger partial charge in [-0.1, -0.05) is 0 Å². The molecular weight excluding hydrogens is 310 g/mol. The number of rotatable bonds is 9. The van der Waals surface area contributed by atoms with Gasteiger partial charge in [-0.05, 0) is 54.0 Å². The van der Waals surface area contributed by atoms with Gasteiger partial charge in [0, 0.05) is 20.3 Å². The van der Waals surface area contributed by atoms with Crippen LogP contribution in [-0.4, -0.2) is 40.0 Å². The van der Waals surface area contributed by atoms with Crippen LogP contribution in [0.3, 0.4) is 0 Å². The normalized spacial score (nSPS) is 12.2. The fraction of sp³-hybridized carbons (Fsp3) is 0.571. The van der Waals surface area contributed by atoms with E-state index in [9.17, 15) is 0 Å². The van der Waals surface area contributed by atoms with Crippen LogP contribution in [0.5, 0.6) is 11.5 Å². The maximum atomic E-state index is 5.85. The lowest BCUT2D eigenvalue weighted by Crippen LogP contribution is -2.30. The fourth-order valence-corrected chi connectivity index (χ4v) is 2.06. The monoisotopic (exact) mass is 331 g/mol. The van der Waals surface area contributed by atoms with Gasteiger partial charge in [0.1, 0.15) is 17.6 Å². The Morgan fingerprint density at radius 1 is 1.32 bits per heavy atom. The molecule has 0 spiro atoms. The molecule has 1 unspecified atom stereocenters. The van der Waals surface area contributed by atoms with Crippen LogP contribution in [-0.2, 0) is 4.74 Å². The second kappa shape index (κ2) is 9.18. The van der Waals surface area contributed by atoms with Gasteiger partial charge in [0.25, 0.3) is 0 Å². The van der Waals surface area contributed by atoms with Crippen molar-refractivity contribution < 1.29 is 14.2 Å². The summed E-state index contributed by atoms with van der Waals surface area (Å²) < 4.78 is 16.9. The minimum atomic E-state index is 0.104. The van der Waals surface area contributed by atoms with Crippen LogP contribution in [0.4, 0.5) is 0 Å². The lowest BCUT2D eigenvalue weighted by molar-refractivity contribution is 0.188. The molecule has 19 heavy (non-hydrogen) atoms. The van der Waals surface area contributed by atoms with Gasteiger partial charge in [-0.25, -0.2) is 0 Å². The molecule has 108 valence electrons. The van der Waals surface area contributed by atoms with Crippen molar-refractivity contribution in [1.82, 2.24) is 5.32 Å². The number of ether oxygens (including phenoxy) is 3. The highest BCUT2D eigenvalue weighted by atomic mass is 79.9. The first-order valence-electron chi connectivity index (χ1n) is 6.37. The highest BCUT2D eigenvalue weighted by molar-refractivity contribution is 9.10. The molecule has 0 amide bonds. The zero-order chi connectivity index (χ0) is 14.1. The average molecular weight is 332 g/mol. The minimum absolute atomic E-state index is 0.104. The standard InChI is InChI=1S/C14H22BrNO3/c1-11(10-16-7-4-8-17-2)19-14-6-5-12(18-3)9-13(14)15/h5-6,9,11,16H,4,7-8,10H2,1-3H3. The molecule has 0 saturated carbocycles. The third kappa shape index (κ3) is 6.27. The summed E-state index contributed by atoms with van der Waals surface area (Å²) in [7, 11) is 3.36. The van der Waals surface area contributed by atoms with Crippen molar-refractivity contribution in [2.24, 2.45) is 0 Å². The molecule has 0 saturated heterocycles. The highest BCUT2D eigenvalue weighted by Gasteiger charge is 2.07. The van der Waals surface area contributed by atoms with E-state index in [2.05, 4.69) is 21.2 Å². The summed E-state index contributed by atoms with van der Waals surface area (Å²) in [4.78, 5) is 0. The van der Waals surface area contributed by atoms with Crippen molar-refractivity contribution in [3.8, 4) is 11.5 Å². The molecule has 0 aliphatic heterocycles. The largest absolute Gasteiger partial charge is 0.497 e. The topological polar surface area (TPSA) is 39.7 Å². The first-order chi connectivity index (χ1) is 9.17. The molecule has 0 aromatic heterocycles. The van der Waals surface area contributed by atoms with Crippen molar-refractivity contribution in [3.63, 3.8) is 0 Å². The Hall–Kier alpha value is -0.780. The third-order valence-corrected chi connectivity index (χ3v) is 3.22. The summed E-state index contributed by atoms with van der Waals surface area (Å²) in [6.07, 6.45) is 1.11. The second-order valence-electron chi connectivity index (χ2n) is 4.28. The molecule has 0 heterocycles. The van der Waals surface area contributed by atoms with E-state index in [1.54, 1.807) is 14.2 Å². The van der Waals surface area contributed by atoms with Gasteiger partial charge >= 0.3 is 0 Å². The van der Waals surface area contributed by atoms with E-state index in [0.717, 1.165) is 42.1 Å². The van der Waals surface area contributed by atoms with Gasteiger partial charge in [-0.2, -0.15) is 0 Å². The molecule has 0 bridgehead atoms. The SMILES string of the molecule is COCCCNCC(C)Oc1ccc(OC)cc1Br. The van der Waals surface area contributed by atoms with Crippen LogP contribution in [0.1, 0.15) is 13.3 Å². The molecule has 0 fully saturated rings. The smallest absolute Gasteiger partial charge is 0.134 e. The molecule has 5 heteroatoms. The van der Waals surface area contributed by atoms with E-state index in [4.69, 9.17) is 14.2 Å². The Labute approximate surface area is 123 Å². The highest BCUT2D eigenvalue weighted by Crippen LogP contribution is 2.29. The van der Waals surface area contributed by atoms with Gasteiger partial charge in [-0.15, -0.1) is 0 Å². The van der Waals surface area contributed by atoms with Crippen LogP contribution < -0.4 is 14.8 Å². The number of methoxy groups -OCH3 is 2. The molecule has 1 aromatic rings. The Bertz CT molecular complexity index is 374. The summed E-state index contributed by atoms with van der Waals surface area (Å²) in [6.45, 7) is 4.57. The van der Waals surface area contributed by atoms with Crippen molar-refractivity contribution in [2.75, 3.05) is 33.9 Å².